The van der Waals surface area contributed by atoms with Crippen LogP contribution < -0.4 is 0 Å². The first-order valence-corrected chi connectivity index (χ1v) is 7.55. The lowest BCUT2D eigenvalue weighted by Crippen LogP contribution is -2.35. The van der Waals surface area contributed by atoms with Crippen LogP contribution in [0.15, 0.2) is 36.4 Å². The second-order valence-corrected chi connectivity index (χ2v) is 6.19. The van der Waals surface area contributed by atoms with Crippen LogP contribution in [-0.2, 0) is 10.2 Å². The van der Waals surface area contributed by atoms with E-state index >= 15 is 0 Å². The standard InChI is InChI=1S/C16H11Cl2NO6/c1-16(15(22)23,10-6-8(14(20)21)2-4-12(10)18)11-7-9(17)3-5-13(11)19(24)25/h2-7H,1H3,(H,20,21)(H,22,23)/t16-/m1/s1. The van der Waals surface area contributed by atoms with Gasteiger partial charge in [-0.1, -0.05) is 23.2 Å². The number of hydrogen-bond acceptors (Lipinski definition) is 4. The van der Waals surface area contributed by atoms with Crippen LogP contribution >= 0.6 is 23.2 Å². The topological polar surface area (TPSA) is 118 Å². The summed E-state index contributed by atoms with van der Waals surface area (Å²) in [5.74, 6) is -2.73. The number of halogens is 2. The second kappa shape index (κ2) is 6.70. The smallest absolute Gasteiger partial charge is 0.335 e. The van der Waals surface area contributed by atoms with Crippen LogP contribution in [0.1, 0.15) is 28.4 Å². The number of aliphatic carboxylic acids is 1. The number of nitrogens with zero attached hydrogens (tertiary/aromatic N) is 1. The van der Waals surface area contributed by atoms with Gasteiger partial charge in [-0.3, -0.25) is 14.9 Å². The van der Waals surface area contributed by atoms with Gasteiger partial charge in [0.25, 0.3) is 5.69 Å². The summed E-state index contributed by atoms with van der Waals surface area (Å²) in [5.41, 5.74) is -2.95. The molecule has 130 valence electrons. The maximum absolute atomic E-state index is 12.1. The Kier molecular flexibility index (Phi) is 5.01. The third-order valence-corrected chi connectivity index (χ3v) is 4.44. The molecule has 2 N–H and O–H groups in total. The number of carboxylic acids is 2. The molecule has 2 rings (SSSR count). The quantitative estimate of drug-likeness (QED) is 0.595. The molecule has 2 aromatic carbocycles. The molecule has 0 fully saturated rings. The van der Waals surface area contributed by atoms with Gasteiger partial charge in [0.15, 0.2) is 0 Å². The molecule has 0 aliphatic carbocycles. The van der Waals surface area contributed by atoms with Crippen LogP contribution in [0.2, 0.25) is 10.0 Å². The number of benzene rings is 2. The summed E-state index contributed by atoms with van der Waals surface area (Å²) < 4.78 is 0. The Morgan fingerprint density at radius 3 is 2.24 bits per heavy atom. The third kappa shape index (κ3) is 3.29. The average Bonchev–Trinajstić information content (AvgIpc) is 2.53. The van der Waals surface area contributed by atoms with Crippen LogP contribution in [0.3, 0.4) is 0 Å². The highest BCUT2D eigenvalue weighted by Gasteiger charge is 2.44. The fraction of sp³-hybridized carbons (Fsp3) is 0.125. The van der Waals surface area contributed by atoms with Gasteiger partial charge >= 0.3 is 11.9 Å². The zero-order chi connectivity index (χ0) is 18.9. The summed E-state index contributed by atoms with van der Waals surface area (Å²) in [6.45, 7) is 1.21. The molecule has 0 spiro atoms. The molecule has 2 aromatic rings. The van der Waals surface area contributed by atoms with Crippen LogP contribution in [0.5, 0.6) is 0 Å². The lowest BCUT2D eigenvalue weighted by molar-refractivity contribution is -0.385. The lowest BCUT2D eigenvalue weighted by atomic mass is 9.75. The van der Waals surface area contributed by atoms with Crippen molar-refractivity contribution in [1.29, 1.82) is 0 Å². The zero-order valence-corrected chi connectivity index (χ0v) is 14.2. The summed E-state index contributed by atoms with van der Waals surface area (Å²) in [7, 11) is 0. The van der Waals surface area contributed by atoms with E-state index in [2.05, 4.69) is 0 Å². The summed E-state index contributed by atoms with van der Waals surface area (Å²) in [4.78, 5) is 33.9. The van der Waals surface area contributed by atoms with Crippen molar-refractivity contribution in [3.05, 3.63) is 73.2 Å². The number of carbonyl (C=O) groups is 2. The summed E-state index contributed by atoms with van der Waals surface area (Å²) in [6.07, 6.45) is 0. The molecule has 0 amide bonds. The summed E-state index contributed by atoms with van der Waals surface area (Å²) in [6, 6.07) is 7.05. The third-order valence-electron chi connectivity index (χ3n) is 3.87. The molecule has 9 heteroatoms. The van der Waals surface area contributed by atoms with E-state index < -0.39 is 28.0 Å². The molecular weight excluding hydrogens is 373 g/mol. The molecule has 0 saturated carbocycles. The van der Waals surface area contributed by atoms with E-state index in [1.54, 1.807) is 0 Å². The highest BCUT2D eigenvalue weighted by Crippen LogP contribution is 2.42. The summed E-state index contributed by atoms with van der Waals surface area (Å²) in [5, 5.41) is 30.4. The Bertz CT molecular complexity index is 898. The molecule has 0 radical (unpaired) electrons. The van der Waals surface area contributed by atoms with E-state index in [0.717, 1.165) is 18.2 Å². The lowest BCUT2D eigenvalue weighted by Gasteiger charge is -2.27. The molecule has 7 nitrogen and oxygen atoms in total. The monoisotopic (exact) mass is 383 g/mol. The van der Waals surface area contributed by atoms with Crippen molar-refractivity contribution in [2.75, 3.05) is 0 Å². The van der Waals surface area contributed by atoms with Gasteiger partial charge in [0.1, 0.15) is 5.41 Å². The van der Waals surface area contributed by atoms with E-state index in [-0.39, 0.29) is 26.7 Å². The zero-order valence-electron chi connectivity index (χ0n) is 12.7. The molecule has 0 heterocycles. The van der Waals surface area contributed by atoms with Crippen LogP contribution in [-0.4, -0.2) is 27.1 Å². The van der Waals surface area contributed by atoms with Crippen LogP contribution in [0.4, 0.5) is 5.69 Å². The second-order valence-electron chi connectivity index (χ2n) is 5.35. The largest absolute Gasteiger partial charge is 0.480 e. The van der Waals surface area contributed by atoms with Gasteiger partial charge in [0.05, 0.1) is 16.1 Å². The first kappa shape index (κ1) is 18.7. The van der Waals surface area contributed by atoms with E-state index in [1.807, 2.05) is 0 Å². The number of nitro groups is 1. The Labute approximate surface area is 151 Å². The summed E-state index contributed by atoms with van der Waals surface area (Å²) >= 11 is 12.0. The predicted octanol–water partition coefficient (Wildman–Crippen LogP) is 3.99. The minimum atomic E-state index is -1.99. The molecular formula is C16H11Cl2NO6. The molecule has 0 aromatic heterocycles. The average molecular weight is 384 g/mol. The number of carboxylic acid groups (broad SMARTS) is 2. The van der Waals surface area contributed by atoms with Crippen molar-refractivity contribution in [2.45, 2.75) is 12.3 Å². The highest BCUT2D eigenvalue weighted by molar-refractivity contribution is 6.32. The van der Waals surface area contributed by atoms with Crippen LogP contribution in [0, 0.1) is 10.1 Å². The van der Waals surface area contributed by atoms with E-state index in [0.29, 0.717) is 0 Å². The van der Waals surface area contributed by atoms with Crippen molar-refractivity contribution in [2.24, 2.45) is 0 Å². The fourth-order valence-corrected chi connectivity index (χ4v) is 2.96. The van der Waals surface area contributed by atoms with Gasteiger partial charge in [-0.05, 0) is 42.8 Å². The Morgan fingerprint density at radius 2 is 1.72 bits per heavy atom. The Balaban J connectivity index is 2.89. The maximum Gasteiger partial charge on any atom is 0.335 e. The normalized spacial score (nSPS) is 13.1. The minimum Gasteiger partial charge on any atom is -0.480 e. The van der Waals surface area contributed by atoms with Crippen molar-refractivity contribution in [3.63, 3.8) is 0 Å². The van der Waals surface area contributed by atoms with E-state index in [4.69, 9.17) is 28.3 Å². The fourth-order valence-electron chi connectivity index (χ4n) is 2.48. The first-order valence-electron chi connectivity index (χ1n) is 6.80. The van der Waals surface area contributed by atoms with Crippen molar-refractivity contribution < 1.29 is 24.7 Å². The molecule has 0 aliphatic heterocycles. The predicted molar refractivity (Wildman–Crippen MR) is 90.6 cm³/mol. The number of aromatic carboxylic acids is 1. The highest BCUT2D eigenvalue weighted by atomic mass is 35.5. The maximum atomic E-state index is 12.1. The van der Waals surface area contributed by atoms with Gasteiger partial charge in [0, 0.05) is 16.1 Å². The molecule has 0 saturated heterocycles. The molecule has 0 aliphatic rings. The Morgan fingerprint density at radius 1 is 1.08 bits per heavy atom. The van der Waals surface area contributed by atoms with Gasteiger partial charge in [-0.2, -0.15) is 0 Å². The van der Waals surface area contributed by atoms with Crippen LogP contribution in [0.25, 0.3) is 0 Å². The number of nitro benzene ring substituents is 1. The van der Waals surface area contributed by atoms with Gasteiger partial charge < -0.3 is 10.2 Å². The van der Waals surface area contributed by atoms with E-state index in [9.17, 15) is 24.8 Å². The van der Waals surface area contributed by atoms with Crippen molar-refractivity contribution >= 4 is 40.8 Å². The number of hydrogen-bond donors (Lipinski definition) is 2. The SMILES string of the molecule is C[C@@](C(=O)O)(c1cc(C(=O)O)ccc1Cl)c1cc(Cl)ccc1[N+](=O)[O-]. The molecule has 1 atom stereocenters. The van der Waals surface area contributed by atoms with E-state index in [1.165, 1.54) is 25.1 Å². The van der Waals surface area contributed by atoms with Gasteiger partial charge in [-0.15, -0.1) is 0 Å². The Hall–Kier alpha value is -2.64. The van der Waals surface area contributed by atoms with Crippen molar-refractivity contribution in [3.8, 4) is 0 Å². The van der Waals surface area contributed by atoms with Gasteiger partial charge in [-0.25, -0.2) is 4.79 Å². The molecule has 0 bridgehead atoms. The minimum absolute atomic E-state index is 0.0378. The molecule has 25 heavy (non-hydrogen) atoms. The molecule has 0 unspecified atom stereocenters. The van der Waals surface area contributed by atoms with Gasteiger partial charge in [0.2, 0.25) is 0 Å². The van der Waals surface area contributed by atoms with Crippen molar-refractivity contribution in [1.82, 2.24) is 0 Å². The first-order chi connectivity index (χ1) is 11.6. The number of rotatable bonds is 5.